The summed E-state index contributed by atoms with van der Waals surface area (Å²) >= 11 is 0. The normalized spacial score (nSPS) is 15.3. The summed E-state index contributed by atoms with van der Waals surface area (Å²) in [4.78, 5) is 18.8. The van der Waals surface area contributed by atoms with Crippen LogP contribution in [0.4, 0.5) is 5.82 Å². The molecule has 0 saturated carbocycles. The van der Waals surface area contributed by atoms with E-state index in [-0.39, 0.29) is 11.8 Å². The number of hydrogen-bond acceptors (Lipinski definition) is 5. The number of aryl methyl sites for hydroxylation is 1. The number of carboxylic acid groups (broad SMARTS) is 1. The fraction of sp³-hybridized carbons (Fsp3) is 0.345. The molecule has 0 atom stereocenters. The van der Waals surface area contributed by atoms with Crippen molar-refractivity contribution in [2.75, 3.05) is 25.1 Å². The molecule has 0 aliphatic carbocycles. The molecule has 1 saturated heterocycles. The molecule has 1 aliphatic rings. The van der Waals surface area contributed by atoms with E-state index < -0.39 is 5.97 Å². The summed E-state index contributed by atoms with van der Waals surface area (Å²) < 4.78 is 7.41. The molecule has 7 heteroatoms. The van der Waals surface area contributed by atoms with Gasteiger partial charge in [-0.25, -0.2) is 4.98 Å². The van der Waals surface area contributed by atoms with Gasteiger partial charge in [0.2, 0.25) is 0 Å². The zero-order valence-electron chi connectivity index (χ0n) is 21.3. The summed E-state index contributed by atoms with van der Waals surface area (Å²) in [6.45, 7) is 8.19. The highest BCUT2D eigenvalue weighted by Gasteiger charge is 2.29. The second-order valence-electron chi connectivity index (χ2n) is 10.3. The molecule has 4 aromatic rings. The number of anilines is 1. The van der Waals surface area contributed by atoms with Crippen LogP contribution in [-0.4, -0.2) is 45.9 Å². The zero-order chi connectivity index (χ0) is 25.4. The first-order chi connectivity index (χ1) is 17.3. The van der Waals surface area contributed by atoms with E-state index >= 15 is 0 Å². The Labute approximate surface area is 211 Å². The third-order valence-corrected chi connectivity index (χ3v) is 7.20. The molecule has 2 aromatic carbocycles. The summed E-state index contributed by atoms with van der Waals surface area (Å²) in [6, 6.07) is 18.2. The van der Waals surface area contributed by atoms with E-state index in [0.717, 1.165) is 76.8 Å². The standard InChI is InChI=1S/C29H32N4O3/c1-19-23(17-27(34)35)28(32-14-12-29(2,3)13-15-32)33-26(30-19)18-24(31-33)21-9-7-8-20(16-21)22-10-5-6-11-25(22)36-4/h5-11,16,18H,12-15,17H2,1-4H3,(H,34,35). The molecular formula is C29H32N4O3. The Morgan fingerprint density at radius 3 is 2.50 bits per heavy atom. The minimum atomic E-state index is -0.866. The van der Waals surface area contributed by atoms with Crippen LogP contribution in [0, 0.1) is 12.3 Å². The summed E-state index contributed by atoms with van der Waals surface area (Å²) in [6.07, 6.45) is 2.00. The van der Waals surface area contributed by atoms with Crippen molar-refractivity contribution in [3.05, 3.63) is 65.9 Å². The van der Waals surface area contributed by atoms with Gasteiger partial charge in [-0.3, -0.25) is 4.79 Å². The number of para-hydroxylation sites is 1. The Hall–Kier alpha value is -3.87. The summed E-state index contributed by atoms with van der Waals surface area (Å²) in [5, 5.41) is 14.6. The second kappa shape index (κ2) is 9.30. The van der Waals surface area contributed by atoms with Crippen LogP contribution >= 0.6 is 0 Å². The summed E-state index contributed by atoms with van der Waals surface area (Å²) in [5.74, 6) is 0.799. The summed E-state index contributed by atoms with van der Waals surface area (Å²) in [7, 11) is 1.68. The van der Waals surface area contributed by atoms with Crippen molar-refractivity contribution in [3.63, 3.8) is 0 Å². The van der Waals surface area contributed by atoms with Gasteiger partial charge >= 0.3 is 5.97 Å². The van der Waals surface area contributed by atoms with Crippen molar-refractivity contribution in [2.24, 2.45) is 5.41 Å². The molecular weight excluding hydrogens is 452 g/mol. The fourth-order valence-corrected chi connectivity index (χ4v) is 5.01. The predicted molar refractivity (Wildman–Crippen MR) is 142 cm³/mol. The molecule has 2 aromatic heterocycles. The number of benzene rings is 2. The minimum Gasteiger partial charge on any atom is -0.496 e. The number of hydrogen-bond donors (Lipinski definition) is 1. The highest BCUT2D eigenvalue weighted by atomic mass is 16.5. The van der Waals surface area contributed by atoms with E-state index in [4.69, 9.17) is 14.8 Å². The Bertz CT molecular complexity index is 1430. The smallest absolute Gasteiger partial charge is 0.308 e. The lowest BCUT2D eigenvalue weighted by molar-refractivity contribution is -0.136. The number of fused-ring (bicyclic) bond motifs is 1. The lowest BCUT2D eigenvalue weighted by atomic mass is 9.82. The van der Waals surface area contributed by atoms with Crippen LogP contribution in [-0.2, 0) is 11.2 Å². The number of aliphatic carboxylic acids is 1. The number of carboxylic acids is 1. The molecule has 0 amide bonds. The molecule has 0 unspecified atom stereocenters. The van der Waals surface area contributed by atoms with E-state index in [1.807, 2.05) is 53.9 Å². The van der Waals surface area contributed by atoms with Crippen LogP contribution < -0.4 is 9.64 Å². The maximum absolute atomic E-state index is 11.8. The molecule has 5 rings (SSSR count). The Morgan fingerprint density at radius 1 is 1.06 bits per heavy atom. The van der Waals surface area contributed by atoms with Gasteiger partial charge in [-0.05, 0) is 42.9 Å². The number of aromatic nitrogens is 3. The van der Waals surface area contributed by atoms with Gasteiger partial charge in [0.05, 0.1) is 19.2 Å². The number of ether oxygens (including phenoxy) is 1. The first-order valence-electron chi connectivity index (χ1n) is 12.4. The lowest BCUT2D eigenvalue weighted by Crippen LogP contribution is -2.39. The van der Waals surface area contributed by atoms with E-state index in [2.05, 4.69) is 30.9 Å². The van der Waals surface area contributed by atoms with E-state index in [9.17, 15) is 9.90 Å². The van der Waals surface area contributed by atoms with Crippen molar-refractivity contribution in [3.8, 4) is 28.1 Å². The minimum absolute atomic E-state index is 0.0809. The van der Waals surface area contributed by atoms with Gasteiger partial charge in [-0.1, -0.05) is 50.2 Å². The Balaban J connectivity index is 1.62. The van der Waals surface area contributed by atoms with E-state index in [1.165, 1.54) is 0 Å². The third-order valence-electron chi connectivity index (χ3n) is 7.20. The quantitative estimate of drug-likeness (QED) is 0.382. The number of carbonyl (C=O) groups is 1. The third kappa shape index (κ3) is 4.53. The van der Waals surface area contributed by atoms with Gasteiger partial charge in [0.1, 0.15) is 11.6 Å². The van der Waals surface area contributed by atoms with Crippen molar-refractivity contribution in [1.82, 2.24) is 14.6 Å². The Kier molecular flexibility index (Phi) is 6.16. The molecule has 0 spiro atoms. The van der Waals surface area contributed by atoms with Gasteiger partial charge in [0, 0.05) is 41.5 Å². The van der Waals surface area contributed by atoms with E-state index in [0.29, 0.717) is 0 Å². The van der Waals surface area contributed by atoms with Gasteiger partial charge < -0.3 is 14.7 Å². The fourth-order valence-electron chi connectivity index (χ4n) is 5.01. The van der Waals surface area contributed by atoms with Crippen molar-refractivity contribution >= 4 is 17.4 Å². The average Bonchev–Trinajstić information content (AvgIpc) is 3.28. The van der Waals surface area contributed by atoms with Crippen molar-refractivity contribution in [2.45, 2.75) is 40.0 Å². The number of methoxy groups -OCH3 is 1. The summed E-state index contributed by atoms with van der Waals surface area (Å²) in [5.41, 5.74) is 6.27. The predicted octanol–water partition coefficient (Wildman–Crippen LogP) is 5.63. The number of piperidine rings is 1. The molecule has 1 fully saturated rings. The maximum atomic E-state index is 11.8. The maximum Gasteiger partial charge on any atom is 0.308 e. The van der Waals surface area contributed by atoms with Gasteiger partial charge in [-0.2, -0.15) is 9.61 Å². The van der Waals surface area contributed by atoms with Crippen LogP contribution in [0.1, 0.15) is 37.9 Å². The highest BCUT2D eigenvalue weighted by molar-refractivity contribution is 5.78. The lowest BCUT2D eigenvalue weighted by Gasteiger charge is -2.38. The molecule has 0 radical (unpaired) electrons. The van der Waals surface area contributed by atoms with Crippen LogP contribution in [0.15, 0.2) is 54.6 Å². The molecule has 0 bridgehead atoms. The topological polar surface area (TPSA) is 80.0 Å². The molecule has 7 nitrogen and oxygen atoms in total. The molecule has 1 N–H and O–H groups in total. The number of nitrogens with zero attached hydrogens (tertiary/aromatic N) is 4. The molecule has 1 aliphatic heterocycles. The monoisotopic (exact) mass is 484 g/mol. The van der Waals surface area contributed by atoms with Crippen LogP contribution in [0.3, 0.4) is 0 Å². The molecule has 186 valence electrons. The van der Waals surface area contributed by atoms with Gasteiger partial charge in [0.25, 0.3) is 0 Å². The van der Waals surface area contributed by atoms with Gasteiger partial charge in [0.15, 0.2) is 5.65 Å². The van der Waals surface area contributed by atoms with E-state index in [1.54, 1.807) is 7.11 Å². The molecule has 36 heavy (non-hydrogen) atoms. The first-order valence-corrected chi connectivity index (χ1v) is 12.4. The highest BCUT2D eigenvalue weighted by Crippen LogP contribution is 2.36. The van der Waals surface area contributed by atoms with Crippen LogP contribution in [0.25, 0.3) is 28.0 Å². The van der Waals surface area contributed by atoms with Crippen molar-refractivity contribution in [1.29, 1.82) is 0 Å². The zero-order valence-corrected chi connectivity index (χ0v) is 21.3. The first kappa shape index (κ1) is 23.9. The SMILES string of the molecule is COc1ccccc1-c1cccc(-c2cc3nc(C)c(CC(=O)O)c(N4CCC(C)(C)CC4)n3n2)c1. The Morgan fingerprint density at radius 2 is 1.78 bits per heavy atom. The molecule has 3 heterocycles. The average molecular weight is 485 g/mol. The second-order valence-corrected chi connectivity index (χ2v) is 10.3. The number of rotatable bonds is 6. The van der Waals surface area contributed by atoms with Crippen LogP contribution in [0.5, 0.6) is 5.75 Å². The van der Waals surface area contributed by atoms with Crippen LogP contribution in [0.2, 0.25) is 0 Å². The largest absolute Gasteiger partial charge is 0.496 e. The van der Waals surface area contributed by atoms with Gasteiger partial charge in [-0.15, -0.1) is 0 Å². The van der Waals surface area contributed by atoms with Crippen molar-refractivity contribution < 1.29 is 14.6 Å².